The summed E-state index contributed by atoms with van der Waals surface area (Å²) in [4.78, 5) is 4.70. The topological polar surface area (TPSA) is 66.0 Å². The molecule has 0 aromatic carbocycles. The zero-order valence-electron chi connectivity index (χ0n) is 13.4. The van der Waals surface area contributed by atoms with Crippen molar-refractivity contribution < 1.29 is 4.74 Å². The van der Waals surface area contributed by atoms with Gasteiger partial charge in [-0.15, -0.1) is 0 Å². The van der Waals surface area contributed by atoms with Crippen molar-refractivity contribution in [2.24, 2.45) is 12.8 Å². The van der Waals surface area contributed by atoms with Gasteiger partial charge in [0.05, 0.1) is 29.4 Å². The van der Waals surface area contributed by atoms with Crippen molar-refractivity contribution >= 4 is 0 Å². The first-order valence-electron chi connectivity index (χ1n) is 8.04. The van der Waals surface area contributed by atoms with Gasteiger partial charge in [-0.3, -0.25) is 4.68 Å². The first-order chi connectivity index (χ1) is 10.7. The van der Waals surface area contributed by atoms with Gasteiger partial charge in [0.15, 0.2) is 0 Å². The van der Waals surface area contributed by atoms with Gasteiger partial charge in [-0.1, -0.05) is 6.42 Å². The fourth-order valence-corrected chi connectivity index (χ4v) is 3.10. The van der Waals surface area contributed by atoms with E-state index in [2.05, 4.69) is 5.10 Å². The molecule has 0 amide bonds. The number of pyridine rings is 1. The molecule has 1 aliphatic carbocycles. The lowest BCUT2D eigenvalue weighted by Crippen LogP contribution is -2.20. The van der Waals surface area contributed by atoms with E-state index in [1.165, 1.54) is 19.3 Å². The zero-order valence-corrected chi connectivity index (χ0v) is 13.4. The fraction of sp³-hybridized carbons (Fsp3) is 0.529. The minimum atomic E-state index is 0.345. The number of aromatic nitrogens is 3. The van der Waals surface area contributed by atoms with Gasteiger partial charge in [-0.25, -0.2) is 4.98 Å². The van der Waals surface area contributed by atoms with E-state index in [1.807, 2.05) is 32.3 Å². The van der Waals surface area contributed by atoms with Crippen molar-refractivity contribution in [1.82, 2.24) is 14.8 Å². The van der Waals surface area contributed by atoms with Gasteiger partial charge >= 0.3 is 0 Å². The van der Waals surface area contributed by atoms with Crippen LogP contribution >= 0.6 is 0 Å². The lowest BCUT2D eigenvalue weighted by atomic mass is 9.98. The summed E-state index contributed by atoms with van der Waals surface area (Å²) in [5.74, 6) is 0.897. The molecular formula is C17H24N4O. The van der Waals surface area contributed by atoms with Crippen LogP contribution in [0, 0.1) is 6.92 Å². The summed E-state index contributed by atoms with van der Waals surface area (Å²) in [5.41, 5.74) is 9.63. The van der Waals surface area contributed by atoms with Gasteiger partial charge in [0.25, 0.3) is 0 Å². The average Bonchev–Trinajstić information content (AvgIpc) is 2.91. The summed E-state index contributed by atoms with van der Waals surface area (Å²) in [6.07, 6.45) is 8.35. The van der Waals surface area contributed by atoms with Crippen LogP contribution in [-0.4, -0.2) is 20.9 Å². The van der Waals surface area contributed by atoms with Gasteiger partial charge in [0.1, 0.15) is 5.75 Å². The van der Waals surface area contributed by atoms with Crippen LogP contribution in [-0.2, 0) is 13.6 Å². The van der Waals surface area contributed by atoms with E-state index in [-0.39, 0.29) is 0 Å². The quantitative estimate of drug-likeness (QED) is 0.942. The van der Waals surface area contributed by atoms with Crippen LogP contribution in [0.1, 0.15) is 43.5 Å². The van der Waals surface area contributed by atoms with Crippen LogP contribution in [0.25, 0.3) is 11.3 Å². The molecule has 0 unspecified atom stereocenters. The third-order valence-electron chi connectivity index (χ3n) is 4.41. The third-order valence-corrected chi connectivity index (χ3v) is 4.41. The van der Waals surface area contributed by atoms with Crippen LogP contribution in [0.4, 0.5) is 0 Å². The predicted octanol–water partition coefficient (Wildman–Crippen LogP) is 2.96. The second-order valence-corrected chi connectivity index (χ2v) is 5.99. The van der Waals surface area contributed by atoms with E-state index in [0.29, 0.717) is 12.6 Å². The maximum absolute atomic E-state index is 6.13. The molecule has 2 aromatic heterocycles. The molecule has 22 heavy (non-hydrogen) atoms. The highest BCUT2D eigenvalue weighted by Gasteiger charge is 2.17. The summed E-state index contributed by atoms with van der Waals surface area (Å²) >= 11 is 0. The number of hydrogen-bond donors (Lipinski definition) is 1. The zero-order chi connectivity index (χ0) is 15.5. The lowest BCUT2D eigenvalue weighted by Gasteiger charge is -2.23. The van der Waals surface area contributed by atoms with E-state index >= 15 is 0 Å². The molecule has 2 aromatic rings. The molecule has 0 aliphatic heterocycles. The van der Waals surface area contributed by atoms with Crippen LogP contribution in [0.3, 0.4) is 0 Å². The van der Waals surface area contributed by atoms with Crippen LogP contribution in [0.2, 0.25) is 0 Å². The molecule has 1 aliphatic rings. The highest BCUT2D eigenvalue weighted by molar-refractivity contribution is 5.62. The van der Waals surface area contributed by atoms with Crippen molar-refractivity contribution in [3.05, 3.63) is 29.7 Å². The van der Waals surface area contributed by atoms with E-state index in [4.69, 9.17) is 15.5 Å². The Balaban J connectivity index is 1.82. The Hall–Kier alpha value is -1.88. The fourth-order valence-electron chi connectivity index (χ4n) is 3.10. The largest absolute Gasteiger partial charge is 0.489 e. The average molecular weight is 300 g/mol. The summed E-state index contributed by atoms with van der Waals surface area (Å²) in [7, 11) is 1.90. The lowest BCUT2D eigenvalue weighted by molar-refractivity contribution is 0.153. The third kappa shape index (κ3) is 2.99. The number of rotatable bonds is 4. The molecule has 118 valence electrons. The Kier molecular flexibility index (Phi) is 4.43. The van der Waals surface area contributed by atoms with Crippen LogP contribution in [0.15, 0.2) is 18.3 Å². The molecule has 0 saturated heterocycles. The van der Waals surface area contributed by atoms with E-state index in [0.717, 1.165) is 41.2 Å². The Labute approximate surface area is 131 Å². The first-order valence-corrected chi connectivity index (χ1v) is 8.04. The molecule has 0 bridgehead atoms. The number of nitrogens with zero attached hydrogens (tertiary/aromatic N) is 3. The highest BCUT2D eigenvalue weighted by atomic mass is 16.5. The van der Waals surface area contributed by atoms with Crippen molar-refractivity contribution in [1.29, 1.82) is 0 Å². The van der Waals surface area contributed by atoms with Gasteiger partial charge < -0.3 is 10.5 Å². The molecule has 1 fully saturated rings. The maximum atomic E-state index is 6.13. The molecule has 0 spiro atoms. The van der Waals surface area contributed by atoms with E-state index in [1.54, 1.807) is 4.68 Å². The molecular weight excluding hydrogens is 276 g/mol. The minimum Gasteiger partial charge on any atom is -0.489 e. The molecule has 2 heterocycles. The van der Waals surface area contributed by atoms with Crippen molar-refractivity contribution in [3.8, 4) is 17.0 Å². The Morgan fingerprint density at radius 2 is 2.05 bits per heavy atom. The van der Waals surface area contributed by atoms with Gasteiger partial charge in [0.2, 0.25) is 0 Å². The van der Waals surface area contributed by atoms with Gasteiger partial charge in [-0.2, -0.15) is 5.10 Å². The van der Waals surface area contributed by atoms with E-state index in [9.17, 15) is 0 Å². The SMILES string of the molecule is Cc1nc(-c2cnn(C)c2CN)ccc1OC1CCCCC1. The van der Waals surface area contributed by atoms with Crippen molar-refractivity contribution in [2.75, 3.05) is 0 Å². The van der Waals surface area contributed by atoms with Gasteiger partial charge in [0, 0.05) is 19.2 Å². The van der Waals surface area contributed by atoms with Gasteiger partial charge in [-0.05, 0) is 44.7 Å². The van der Waals surface area contributed by atoms with Crippen LogP contribution in [0.5, 0.6) is 5.75 Å². The molecule has 1 saturated carbocycles. The number of hydrogen-bond acceptors (Lipinski definition) is 4. The summed E-state index contributed by atoms with van der Waals surface area (Å²) < 4.78 is 7.94. The highest BCUT2D eigenvalue weighted by Crippen LogP contribution is 2.28. The standard InChI is InChI=1S/C17H24N4O/c1-12-17(22-13-6-4-3-5-7-13)9-8-15(20-12)14-11-19-21(2)16(14)10-18/h8-9,11,13H,3-7,10,18H2,1-2H3. The second-order valence-electron chi connectivity index (χ2n) is 5.99. The Morgan fingerprint density at radius 1 is 1.27 bits per heavy atom. The summed E-state index contributed by atoms with van der Waals surface area (Å²) in [6, 6.07) is 4.03. The summed E-state index contributed by atoms with van der Waals surface area (Å²) in [5, 5.41) is 4.27. The Bertz CT molecular complexity index is 644. The Morgan fingerprint density at radius 3 is 2.73 bits per heavy atom. The molecule has 0 atom stereocenters. The monoisotopic (exact) mass is 300 g/mol. The number of nitrogens with two attached hydrogens (primary N) is 1. The molecule has 0 radical (unpaired) electrons. The van der Waals surface area contributed by atoms with Crippen LogP contribution < -0.4 is 10.5 Å². The number of ether oxygens (including phenoxy) is 1. The molecule has 5 heteroatoms. The number of aryl methyl sites for hydroxylation is 2. The van der Waals surface area contributed by atoms with Crippen molar-refractivity contribution in [2.45, 2.75) is 51.7 Å². The van der Waals surface area contributed by atoms with E-state index < -0.39 is 0 Å². The summed E-state index contributed by atoms with van der Waals surface area (Å²) in [6.45, 7) is 2.45. The second kappa shape index (κ2) is 6.48. The predicted molar refractivity (Wildman–Crippen MR) is 86.6 cm³/mol. The maximum Gasteiger partial charge on any atom is 0.140 e. The first kappa shape index (κ1) is 15.0. The molecule has 3 rings (SSSR count). The smallest absolute Gasteiger partial charge is 0.140 e. The molecule has 5 nitrogen and oxygen atoms in total. The minimum absolute atomic E-state index is 0.345. The molecule has 2 N–H and O–H groups in total. The normalized spacial score (nSPS) is 16.0. The van der Waals surface area contributed by atoms with Crippen molar-refractivity contribution in [3.63, 3.8) is 0 Å².